The summed E-state index contributed by atoms with van der Waals surface area (Å²) >= 11 is 11.0. The number of nitrogens with zero attached hydrogens (tertiary/aromatic N) is 2. The molecule has 0 aliphatic carbocycles. The third-order valence-corrected chi connectivity index (χ3v) is 5.48. The normalized spacial score (nSPS) is 13.1. The number of aryl methyl sites for hydroxylation is 1. The van der Waals surface area contributed by atoms with Crippen LogP contribution in [0.3, 0.4) is 0 Å². The first-order valence-corrected chi connectivity index (χ1v) is 8.09. The van der Waals surface area contributed by atoms with Crippen molar-refractivity contribution in [2.24, 2.45) is 0 Å². The van der Waals surface area contributed by atoms with Gasteiger partial charge in [0.05, 0.1) is 11.0 Å². The van der Waals surface area contributed by atoms with Crippen LogP contribution in [0.2, 0.25) is 5.02 Å². The molecule has 6 heteroatoms. The van der Waals surface area contributed by atoms with E-state index in [9.17, 15) is 5.11 Å². The minimum absolute atomic E-state index is 0.479. The molecule has 1 N–H and O–H groups in total. The second-order valence-corrected chi connectivity index (χ2v) is 6.80. The van der Waals surface area contributed by atoms with Crippen LogP contribution in [-0.2, 0) is 0 Å². The molecule has 0 saturated carbocycles. The Kier molecular flexibility index (Phi) is 3.62. The van der Waals surface area contributed by atoms with Gasteiger partial charge in [0.25, 0.3) is 0 Å². The molecule has 0 fully saturated rings. The maximum atomic E-state index is 9.77. The predicted octanol–water partition coefficient (Wildman–Crippen LogP) is 4.84. The van der Waals surface area contributed by atoms with Crippen molar-refractivity contribution in [2.75, 3.05) is 0 Å². The molecule has 3 nitrogen and oxygen atoms in total. The van der Waals surface area contributed by atoms with Crippen molar-refractivity contribution in [3.8, 4) is 11.3 Å². The molecule has 0 bridgehead atoms. The third kappa shape index (κ3) is 2.19. The van der Waals surface area contributed by atoms with Crippen LogP contribution in [0.1, 0.15) is 23.6 Å². The number of halogens is 2. The summed E-state index contributed by atoms with van der Waals surface area (Å²) in [5.74, 6) is 0. The van der Waals surface area contributed by atoms with E-state index < -0.39 is 6.10 Å². The van der Waals surface area contributed by atoms with Crippen LogP contribution in [0.25, 0.3) is 16.2 Å². The smallest absolute Gasteiger partial charge is 0.195 e. The topological polar surface area (TPSA) is 37.5 Å². The number of aliphatic hydroxyl groups excluding tert-OH is 1. The van der Waals surface area contributed by atoms with Gasteiger partial charge in [0.2, 0.25) is 0 Å². The van der Waals surface area contributed by atoms with Gasteiger partial charge in [-0.25, -0.2) is 4.98 Å². The maximum Gasteiger partial charge on any atom is 0.195 e. The molecule has 20 heavy (non-hydrogen) atoms. The quantitative estimate of drug-likeness (QED) is 0.700. The van der Waals surface area contributed by atoms with Crippen LogP contribution in [0, 0.1) is 6.92 Å². The van der Waals surface area contributed by atoms with Crippen LogP contribution in [0.5, 0.6) is 0 Å². The van der Waals surface area contributed by atoms with Gasteiger partial charge in [-0.15, -0.1) is 0 Å². The number of benzene rings is 1. The Bertz CT molecular complexity index is 777. The van der Waals surface area contributed by atoms with Crippen molar-refractivity contribution in [1.29, 1.82) is 0 Å². The minimum Gasteiger partial charge on any atom is -0.388 e. The van der Waals surface area contributed by atoms with Gasteiger partial charge in [-0.05, 0) is 41.9 Å². The molecule has 1 atom stereocenters. The van der Waals surface area contributed by atoms with Gasteiger partial charge in [0.15, 0.2) is 4.96 Å². The van der Waals surface area contributed by atoms with E-state index in [0.29, 0.717) is 5.02 Å². The SMILES string of the molecule is Cc1c(C(C)O)sc2nc(-c3ccc(Cl)cc3)c(Br)n12. The fraction of sp³-hybridized carbons (Fsp3) is 0.214. The van der Waals surface area contributed by atoms with E-state index in [1.807, 2.05) is 35.6 Å². The highest BCUT2D eigenvalue weighted by atomic mass is 79.9. The number of aliphatic hydroxyl groups is 1. The van der Waals surface area contributed by atoms with E-state index in [-0.39, 0.29) is 0 Å². The van der Waals surface area contributed by atoms with Gasteiger partial charge < -0.3 is 5.11 Å². The number of hydrogen-bond acceptors (Lipinski definition) is 3. The first-order valence-electron chi connectivity index (χ1n) is 6.10. The second kappa shape index (κ2) is 5.15. The molecule has 0 aliphatic rings. The zero-order chi connectivity index (χ0) is 14.4. The van der Waals surface area contributed by atoms with Crippen LogP contribution in [-0.4, -0.2) is 14.5 Å². The van der Waals surface area contributed by atoms with Crippen LogP contribution < -0.4 is 0 Å². The van der Waals surface area contributed by atoms with Crippen molar-refractivity contribution in [1.82, 2.24) is 9.38 Å². The van der Waals surface area contributed by atoms with E-state index in [1.54, 1.807) is 6.92 Å². The van der Waals surface area contributed by atoms with Gasteiger partial charge in [-0.2, -0.15) is 0 Å². The summed E-state index contributed by atoms with van der Waals surface area (Å²) in [5.41, 5.74) is 2.91. The van der Waals surface area contributed by atoms with Crippen LogP contribution >= 0.6 is 38.9 Å². The monoisotopic (exact) mass is 370 g/mol. The molecule has 2 aromatic heterocycles. The van der Waals surface area contributed by atoms with Gasteiger partial charge >= 0.3 is 0 Å². The molecule has 3 rings (SSSR count). The second-order valence-electron chi connectivity index (χ2n) is 4.60. The van der Waals surface area contributed by atoms with Crippen molar-refractivity contribution >= 4 is 43.8 Å². The molecular weight excluding hydrogens is 360 g/mol. The molecule has 0 amide bonds. The van der Waals surface area contributed by atoms with Crippen molar-refractivity contribution in [2.45, 2.75) is 20.0 Å². The summed E-state index contributed by atoms with van der Waals surface area (Å²) in [4.78, 5) is 6.47. The lowest BCUT2D eigenvalue weighted by Gasteiger charge is -2.03. The van der Waals surface area contributed by atoms with Crippen LogP contribution in [0.15, 0.2) is 28.9 Å². The van der Waals surface area contributed by atoms with E-state index in [2.05, 4.69) is 20.9 Å². The van der Waals surface area contributed by atoms with E-state index in [0.717, 1.165) is 31.4 Å². The first-order chi connectivity index (χ1) is 9.49. The molecule has 0 spiro atoms. The van der Waals surface area contributed by atoms with Crippen LogP contribution in [0.4, 0.5) is 0 Å². The Labute approximate surface area is 134 Å². The molecule has 0 saturated heterocycles. The van der Waals surface area contributed by atoms with E-state index >= 15 is 0 Å². The maximum absolute atomic E-state index is 9.77. The fourth-order valence-corrected chi connectivity index (χ4v) is 4.26. The highest BCUT2D eigenvalue weighted by Crippen LogP contribution is 2.36. The van der Waals surface area contributed by atoms with Gasteiger partial charge in [0, 0.05) is 16.3 Å². The summed E-state index contributed by atoms with van der Waals surface area (Å²) in [6, 6.07) is 7.60. The lowest BCUT2D eigenvalue weighted by atomic mass is 10.2. The molecule has 2 heterocycles. The standard InChI is InChI=1S/C14H12BrClN2OS/c1-7-12(8(2)19)20-14-17-11(13(15)18(7)14)9-3-5-10(16)6-4-9/h3-6,8,19H,1-2H3. The largest absolute Gasteiger partial charge is 0.388 e. The Balaban J connectivity index is 2.19. The molecule has 0 radical (unpaired) electrons. The fourth-order valence-electron chi connectivity index (χ4n) is 2.20. The number of thiazole rings is 1. The van der Waals surface area contributed by atoms with E-state index in [1.165, 1.54) is 11.3 Å². The Morgan fingerprint density at radius 1 is 1.35 bits per heavy atom. The summed E-state index contributed by atoms with van der Waals surface area (Å²) in [6.07, 6.45) is -0.479. The van der Waals surface area contributed by atoms with Crippen molar-refractivity contribution < 1.29 is 5.11 Å². The van der Waals surface area contributed by atoms with Gasteiger partial charge in [-0.3, -0.25) is 4.40 Å². The molecule has 1 unspecified atom stereocenters. The molecule has 3 aromatic rings. The highest BCUT2D eigenvalue weighted by molar-refractivity contribution is 9.10. The van der Waals surface area contributed by atoms with Crippen molar-refractivity contribution in [3.63, 3.8) is 0 Å². The molecule has 1 aromatic carbocycles. The Morgan fingerprint density at radius 3 is 2.55 bits per heavy atom. The van der Waals surface area contributed by atoms with E-state index in [4.69, 9.17) is 11.6 Å². The minimum atomic E-state index is -0.479. The number of rotatable bonds is 2. The summed E-state index contributed by atoms with van der Waals surface area (Å²) in [6.45, 7) is 3.76. The lowest BCUT2D eigenvalue weighted by Crippen LogP contribution is -1.93. The van der Waals surface area contributed by atoms with Gasteiger partial charge in [0.1, 0.15) is 10.3 Å². The summed E-state index contributed by atoms with van der Waals surface area (Å²) in [7, 11) is 0. The Morgan fingerprint density at radius 2 is 2.00 bits per heavy atom. The highest BCUT2D eigenvalue weighted by Gasteiger charge is 2.19. The van der Waals surface area contributed by atoms with Crippen molar-refractivity contribution in [3.05, 3.63) is 44.5 Å². The first kappa shape index (κ1) is 14.1. The lowest BCUT2D eigenvalue weighted by molar-refractivity contribution is 0.202. The number of aromatic nitrogens is 2. The number of imidazole rings is 1. The van der Waals surface area contributed by atoms with Gasteiger partial charge in [-0.1, -0.05) is 35.1 Å². The Hall–Kier alpha value is -0.880. The predicted molar refractivity (Wildman–Crippen MR) is 86.6 cm³/mol. The summed E-state index contributed by atoms with van der Waals surface area (Å²) < 4.78 is 2.92. The molecule has 0 aliphatic heterocycles. The zero-order valence-corrected chi connectivity index (χ0v) is 14.1. The zero-order valence-electron chi connectivity index (χ0n) is 10.9. The molecular formula is C14H12BrClN2OS. The average Bonchev–Trinajstić information content (AvgIpc) is 2.89. The number of fused-ring (bicyclic) bond motifs is 1. The summed E-state index contributed by atoms with van der Waals surface area (Å²) in [5, 5.41) is 10.5. The number of hydrogen-bond donors (Lipinski definition) is 1. The third-order valence-electron chi connectivity index (χ3n) is 3.18. The average molecular weight is 372 g/mol. The molecule has 104 valence electrons.